The Hall–Kier alpha value is -3.36. The first-order valence-electron chi connectivity index (χ1n) is 10.2. The highest BCUT2D eigenvalue weighted by molar-refractivity contribution is 7.92. The number of carbonyl (C=O) groups is 1. The van der Waals surface area contributed by atoms with Gasteiger partial charge in [0.05, 0.1) is 22.9 Å². The summed E-state index contributed by atoms with van der Waals surface area (Å²) in [7, 11) is -3.99. The molecule has 0 aromatic heterocycles. The first-order chi connectivity index (χ1) is 15.8. The van der Waals surface area contributed by atoms with Crippen molar-refractivity contribution in [3.05, 3.63) is 89.4 Å². The van der Waals surface area contributed by atoms with Gasteiger partial charge in [0.1, 0.15) is 12.3 Å². The van der Waals surface area contributed by atoms with Crippen molar-refractivity contribution in [3.63, 3.8) is 0 Å². The predicted molar refractivity (Wildman–Crippen MR) is 130 cm³/mol. The smallest absolute Gasteiger partial charge is 0.264 e. The Morgan fingerprint density at radius 1 is 1.03 bits per heavy atom. The third-order valence-corrected chi connectivity index (χ3v) is 6.43. The largest absolute Gasteiger partial charge is 0.491 e. The molecule has 0 aliphatic heterocycles. The van der Waals surface area contributed by atoms with Crippen molar-refractivity contribution >= 4 is 39.4 Å². The molecular formula is C24H24ClN3O4S. The molecular weight excluding hydrogens is 462 g/mol. The number of carbonyl (C=O) groups excluding carboxylic acids is 1. The Morgan fingerprint density at radius 2 is 1.67 bits per heavy atom. The van der Waals surface area contributed by atoms with Gasteiger partial charge in [-0.25, -0.2) is 13.8 Å². The average molecular weight is 486 g/mol. The number of amides is 1. The first-order valence-corrected chi connectivity index (χ1v) is 12.0. The molecule has 0 unspecified atom stereocenters. The summed E-state index contributed by atoms with van der Waals surface area (Å²) in [6.45, 7) is 3.42. The molecule has 3 aromatic carbocycles. The highest BCUT2D eigenvalue weighted by Gasteiger charge is 2.27. The zero-order valence-corrected chi connectivity index (χ0v) is 19.8. The summed E-state index contributed by atoms with van der Waals surface area (Å²) < 4.78 is 33.0. The third-order valence-electron chi connectivity index (χ3n) is 4.39. The van der Waals surface area contributed by atoms with Gasteiger partial charge in [-0.15, -0.1) is 0 Å². The number of ether oxygens (including phenoxy) is 1. The summed E-state index contributed by atoms with van der Waals surface area (Å²) in [5.41, 5.74) is 3.44. The van der Waals surface area contributed by atoms with E-state index in [1.54, 1.807) is 66.7 Å². The molecule has 0 bridgehead atoms. The highest BCUT2D eigenvalue weighted by atomic mass is 35.5. The van der Waals surface area contributed by atoms with E-state index in [1.165, 1.54) is 18.3 Å². The summed E-state index contributed by atoms with van der Waals surface area (Å²) in [5.74, 6) is 0.136. The molecule has 7 nitrogen and oxygen atoms in total. The molecule has 3 rings (SSSR count). The van der Waals surface area contributed by atoms with Crippen LogP contribution in [0.1, 0.15) is 19.4 Å². The fourth-order valence-corrected chi connectivity index (χ4v) is 4.46. The van der Waals surface area contributed by atoms with E-state index in [0.29, 0.717) is 10.7 Å². The number of hydrogen-bond donors (Lipinski definition) is 1. The number of nitrogens with one attached hydrogen (secondary N) is 1. The van der Waals surface area contributed by atoms with Gasteiger partial charge in [0.25, 0.3) is 15.9 Å². The molecule has 33 heavy (non-hydrogen) atoms. The molecule has 0 aliphatic rings. The van der Waals surface area contributed by atoms with Crippen molar-refractivity contribution in [1.29, 1.82) is 0 Å². The zero-order valence-electron chi connectivity index (χ0n) is 18.2. The van der Waals surface area contributed by atoms with Crippen LogP contribution in [0.5, 0.6) is 5.75 Å². The third kappa shape index (κ3) is 6.81. The number of nitrogens with zero attached hydrogens (tertiary/aromatic N) is 2. The Bertz CT molecular complexity index is 1200. The molecule has 0 saturated heterocycles. The molecule has 0 fully saturated rings. The van der Waals surface area contributed by atoms with Gasteiger partial charge >= 0.3 is 0 Å². The standard InChI is InChI=1S/C24H24ClN3O4S/c1-18(2)32-22-14-8-19(9-15-22)16-26-27-24(29)17-28(21-12-10-20(25)11-13-21)33(30,31)23-6-4-3-5-7-23/h3-16,18H,17H2,1-2H3,(H,27,29)/b26-16-. The Morgan fingerprint density at radius 3 is 2.27 bits per heavy atom. The fourth-order valence-electron chi connectivity index (χ4n) is 2.89. The number of halogens is 1. The maximum Gasteiger partial charge on any atom is 0.264 e. The number of sulfonamides is 1. The van der Waals surface area contributed by atoms with E-state index in [1.807, 2.05) is 13.8 Å². The van der Waals surface area contributed by atoms with Crippen LogP contribution in [0.15, 0.2) is 88.9 Å². The molecule has 9 heteroatoms. The van der Waals surface area contributed by atoms with Crippen LogP contribution in [0.3, 0.4) is 0 Å². The second kappa shape index (κ2) is 11.0. The Balaban J connectivity index is 1.74. The van der Waals surface area contributed by atoms with Crippen LogP contribution >= 0.6 is 11.6 Å². The maximum absolute atomic E-state index is 13.2. The van der Waals surface area contributed by atoms with Crippen LogP contribution < -0.4 is 14.5 Å². The van der Waals surface area contributed by atoms with Crippen LogP contribution in [0, 0.1) is 0 Å². The van der Waals surface area contributed by atoms with Crippen LogP contribution in [-0.4, -0.2) is 33.2 Å². The Labute approximate surface area is 198 Å². The minimum Gasteiger partial charge on any atom is -0.491 e. The summed E-state index contributed by atoms with van der Waals surface area (Å²) in [5, 5.41) is 4.39. The molecule has 0 aliphatic carbocycles. The molecule has 3 aromatic rings. The van der Waals surface area contributed by atoms with Crippen LogP contribution in [0.25, 0.3) is 0 Å². The van der Waals surface area contributed by atoms with Crippen molar-refractivity contribution in [3.8, 4) is 5.75 Å². The lowest BCUT2D eigenvalue weighted by Gasteiger charge is -2.23. The van der Waals surface area contributed by atoms with Gasteiger partial charge in [-0.05, 0) is 80.1 Å². The molecule has 0 atom stereocenters. The van der Waals surface area contributed by atoms with Gasteiger partial charge in [-0.3, -0.25) is 9.10 Å². The minimum absolute atomic E-state index is 0.0690. The van der Waals surface area contributed by atoms with Gasteiger partial charge in [0.2, 0.25) is 0 Å². The molecule has 0 saturated carbocycles. The lowest BCUT2D eigenvalue weighted by atomic mass is 10.2. The van der Waals surface area contributed by atoms with E-state index < -0.39 is 22.5 Å². The second-order valence-corrected chi connectivity index (χ2v) is 9.63. The topological polar surface area (TPSA) is 88.1 Å². The maximum atomic E-state index is 13.2. The fraction of sp³-hybridized carbons (Fsp3) is 0.167. The number of hydrazone groups is 1. The van der Waals surface area contributed by atoms with Crippen LogP contribution in [0.4, 0.5) is 5.69 Å². The van der Waals surface area contributed by atoms with E-state index in [2.05, 4.69) is 10.5 Å². The minimum atomic E-state index is -3.99. The molecule has 0 spiro atoms. The molecule has 0 heterocycles. The van der Waals surface area contributed by atoms with Crippen molar-refractivity contribution in [2.24, 2.45) is 5.10 Å². The van der Waals surface area contributed by atoms with Gasteiger partial charge in [0, 0.05) is 5.02 Å². The number of anilines is 1. The SMILES string of the molecule is CC(C)Oc1ccc(/C=N\NC(=O)CN(c2ccc(Cl)cc2)S(=O)(=O)c2ccccc2)cc1. The van der Waals surface area contributed by atoms with Gasteiger partial charge in [-0.2, -0.15) is 5.10 Å². The van der Waals surface area contributed by atoms with Crippen LogP contribution in [-0.2, 0) is 14.8 Å². The number of hydrogen-bond acceptors (Lipinski definition) is 5. The van der Waals surface area contributed by atoms with Gasteiger partial charge in [-0.1, -0.05) is 29.8 Å². The number of rotatable bonds is 9. The predicted octanol–water partition coefficient (Wildman–Crippen LogP) is 4.47. The van der Waals surface area contributed by atoms with E-state index >= 15 is 0 Å². The van der Waals surface area contributed by atoms with Crippen molar-refractivity contribution < 1.29 is 17.9 Å². The lowest BCUT2D eigenvalue weighted by Crippen LogP contribution is -2.39. The summed E-state index contributed by atoms with van der Waals surface area (Å²) in [6.07, 6.45) is 1.54. The van der Waals surface area contributed by atoms with Gasteiger partial charge in [0.15, 0.2) is 0 Å². The van der Waals surface area contributed by atoms with E-state index in [9.17, 15) is 13.2 Å². The zero-order chi connectivity index (χ0) is 23.8. The lowest BCUT2D eigenvalue weighted by molar-refractivity contribution is -0.119. The van der Waals surface area contributed by atoms with E-state index in [4.69, 9.17) is 16.3 Å². The molecule has 1 amide bonds. The summed E-state index contributed by atoms with van der Waals surface area (Å²) in [6, 6.07) is 21.3. The van der Waals surface area contributed by atoms with Crippen molar-refractivity contribution in [2.75, 3.05) is 10.8 Å². The normalized spacial score (nSPS) is 11.5. The summed E-state index contributed by atoms with van der Waals surface area (Å²) >= 11 is 5.94. The van der Waals surface area contributed by atoms with Crippen LogP contribution in [0.2, 0.25) is 5.02 Å². The molecule has 1 N–H and O–H groups in total. The van der Waals surface area contributed by atoms with E-state index in [0.717, 1.165) is 15.6 Å². The second-order valence-electron chi connectivity index (χ2n) is 7.33. The number of benzene rings is 3. The average Bonchev–Trinajstić information content (AvgIpc) is 2.79. The molecule has 0 radical (unpaired) electrons. The first kappa shape index (κ1) is 24.3. The highest BCUT2D eigenvalue weighted by Crippen LogP contribution is 2.25. The van der Waals surface area contributed by atoms with Crippen molar-refractivity contribution in [1.82, 2.24) is 5.43 Å². The van der Waals surface area contributed by atoms with Crippen molar-refractivity contribution in [2.45, 2.75) is 24.8 Å². The molecule has 172 valence electrons. The Kier molecular flexibility index (Phi) is 8.08. The van der Waals surface area contributed by atoms with E-state index in [-0.39, 0.29) is 11.0 Å². The van der Waals surface area contributed by atoms with Gasteiger partial charge < -0.3 is 4.74 Å². The summed E-state index contributed by atoms with van der Waals surface area (Å²) in [4.78, 5) is 12.6. The monoisotopic (exact) mass is 485 g/mol. The quantitative estimate of drug-likeness (QED) is 0.357.